The van der Waals surface area contributed by atoms with Crippen LogP contribution in [-0.4, -0.2) is 20.5 Å². The van der Waals surface area contributed by atoms with E-state index in [9.17, 15) is 20.0 Å². The van der Waals surface area contributed by atoms with Crippen molar-refractivity contribution in [2.75, 3.05) is 5.32 Å². The van der Waals surface area contributed by atoms with Gasteiger partial charge >= 0.3 is 0 Å². The van der Waals surface area contributed by atoms with Gasteiger partial charge < -0.3 is 15.0 Å². The van der Waals surface area contributed by atoms with Gasteiger partial charge in [-0.1, -0.05) is 6.07 Å². The van der Waals surface area contributed by atoms with Crippen LogP contribution in [0.25, 0.3) is 0 Å². The third-order valence-electron chi connectivity index (χ3n) is 2.89. The van der Waals surface area contributed by atoms with E-state index in [0.29, 0.717) is 12.2 Å². The van der Waals surface area contributed by atoms with Gasteiger partial charge in [-0.25, -0.2) is 0 Å². The molecule has 0 bridgehead atoms. The zero-order valence-corrected chi connectivity index (χ0v) is 12.6. The van der Waals surface area contributed by atoms with Gasteiger partial charge in [-0.2, -0.15) is 0 Å². The number of hydrogen-bond donors (Lipinski definition) is 2. The average molecular weight is 354 g/mol. The number of aromatic nitrogens is 1. The van der Waals surface area contributed by atoms with Gasteiger partial charge in [0.15, 0.2) is 5.69 Å². The minimum atomic E-state index is -0.663. The highest BCUT2D eigenvalue weighted by molar-refractivity contribution is 9.10. The molecule has 0 saturated carbocycles. The van der Waals surface area contributed by atoms with Crippen molar-refractivity contribution in [3.05, 3.63) is 50.7 Å². The van der Waals surface area contributed by atoms with E-state index in [2.05, 4.69) is 21.2 Å². The minimum Gasteiger partial charge on any atom is -0.505 e. The summed E-state index contributed by atoms with van der Waals surface area (Å²) in [5.74, 6) is -0.890. The SMILES string of the molecule is CCn1cc(Br)cc1C(=O)Nc1c(O)cccc1[N+](=O)[O-]. The first-order valence-electron chi connectivity index (χ1n) is 6.07. The lowest BCUT2D eigenvalue weighted by atomic mass is 10.2. The molecule has 1 amide bonds. The Kier molecular flexibility index (Phi) is 4.27. The van der Waals surface area contributed by atoms with Crippen molar-refractivity contribution in [2.24, 2.45) is 0 Å². The molecule has 0 aliphatic carbocycles. The van der Waals surface area contributed by atoms with E-state index in [0.717, 1.165) is 4.47 Å². The number of nitrogens with one attached hydrogen (secondary N) is 1. The number of phenols is 1. The number of aryl methyl sites for hydroxylation is 1. The highest BCUT2D eigenvalue weighted by Crippen LogP contribution is 2.33. The summed E-state index contributed by atoms with van der Waals surface area (Å²) in [6, 6.07) is 5.43. The van der Waals surface area contributed by atoms with Crippen molar-refractivity contribution in [1.82, 2.24) is 4.57 Å². The molecule has 1 aromatic carbocycles. The summed E-state index contributed by atoms with van der Waals surface area (Å²) in [5.41, 5.74) is -0.244. The van der Waals surface area contributed by atoms with E-state index in [1.54, 1.807) is 16.8 Å². The lowest BCUT2D eigenvalue weighted by Crippen LogP contribution is -2.17. The summed E-state index contributed by atoms with van der Waals surface area (Å²) in [6.45, 7) is 2.43. The fourth-order valence-corrected chi connectivity index (χ4v) is 2.38. The van der Waals surface area contributed by atoms with Gasteiger partial charge in [0.2, 0.25) is 0 Å². The Balaban J connectivity index is 2.38. The molecule has 2 N–H and O–H groups in total. The third kappa shape index (κ3) is 3.05. The van der Waals surface area contributed by atoms with Crippen LogP contribution in [0, 0.1) is 10.1 Å². The molecule has 0 fully saturated rings. The van der Waals surface area contributed by atoms with Crippen molar-refractivity contribution in [3.63, 3.8) is 0 Å². The van der Waals surface area contributed by atoms with E-state index in [4.69, 9.17) is 0 Å². The Hall–Kier alpha value is -2.35. The molecular formula is C13H12BrN3O4. The van der Waals surface area contributed by atoms with E-state index in [1.807, 2.05) is 6.92 Å². The number of phenolic OH excluding ortho intramolecular Hbond substituents is 1. The van der Waals surface area contributed by atoms with E-state index >= 15 is 0 Å². The van der Waals surface area contributed by atoms with Crippen LogP contribution in [0.2, 0.25) is 0 Å². The maximum Gasteiger partial charge on any atom is 0.296 e. The number of carbonyl (C=O) groups is 1. The monoisotopic (exact) mass is 353 g/mol. The molecule has 21 heavy (non-hydrogen) atoms. The third-order valence-corrected chi connectivity index (χ3v) is 3.33. The van der Waals surface area contributed by atoms with Crippen molar-refractivity contribution in [2.45, 2.75) is 13.5 Å². The smallest absolute Gasteiger partial charge is 0.296 e. The molecule has 1 heterocycles. The molecule has 0 radical (unpaired) electrons. The first kappa shape index (κ1) is 15.0. The zero-order chi connectivity index (χ0) is 15.6. The number of amides is 1. The predicted octanol–water partition coefficient (Wildman–Crippen LogP) is 3.14. The Morgan fingerprint density at radius 3 is 2.86 bits per heavy atom. The minimum absolute atomic E-state index is 0.215. The molecule has 0 aliphatic heterocycles. The summed E-state index contributed by atoms with van der Waals surface area (Å²) in [7, 11) is 0. The number of benzene rings is 1. The van der Waals surface area contributed by atoms with Crippen molar-refractivity contribution in [1.29, 1.82) is 0 Å². The van der Waals surface area contributed by atoms with Crippen LogP contribution in [0.15, 0.2) is 34.9 Å². The van der Waals surface area contributed by atoms with Crippen molar-refractivity contribution in [3.8, 4) is 5.75 Å². The number of nitro groups is 1. The summed E-state index contributed by atoms with van der Waals surface area (Å²) < 4.78 is 2.41. The molecule has 1 aromatic heterocycles. The number of para-hydroxylation sites is 1. The Bertz CT molecular complexity index is 711. The molecule has 0 aliphatic rings. The van der Waals surface area contributed by atoms with Crippen LogP contribution in [0.1, 0.15) is 17.4 Å². The molecule has 0 unspecified atom stereocenters. The second kappa shape index (κ2) is 5.96. The molecule has 2 rings (SSSR count). The number of aromatic hydroxyl groups is 1. The molecule has 110 valence electrons. The van der Waals surface area contributed by atoms with E-state index < -0.39 is 10.8 Å². The number of rotatable bonds is 4. The van der Waals surface area contributed by atoms with Crippen molar-refractivity contribution >= 4 is 33.2 Å². The highest BCUT2D eigenvalue weighted by Gasteiger charge is 2.21. The van der Waals surface area contributed by atoms with Crippen LogP contribution in [0.5, 0.6) is 5.75 Å². The molecule has 0 atom stereocenters. The summed E-state index contributed by atoms with van der Waals surface area (Å²) in [4.78, 5) is 22.5. The molecule has 7 nitrogen and oxygen atoms in total. The highest BCUT2D eigenvalue weighted by atomic mass is 79.9. The number of halogens is 1. The second-order valence-electron chi connectivity index (χ2n) is 4.21. The second-order valence-corrected chi connectivity index (χ2v) is 5.13. The fourth-order valence-electron chi connectivity index (χ4n) is 1.91. The number of nitrogens with zero attached hydrogens (tertiary/aromatic N) is 2. The summed E-state index contributed by atoms with van der Waals surface area (Å²) >= 11 is 3.27. The van der Waals surface area contributed by atoms with Gasteiger partial charge in [0.1, 0.15) is 11.4 Å². The van der Waals surface area contributed by atoms with Gasteiger partial charge in [0.05, 0.1) is 4.92 Å². The number of carbonyl (C=O) groups excluding carboxylic acids is 1. The van der Waals surface area contributed by atoms with Gasteiger partial charge in [0, 0.05) is 23.3 Å². The van der Waals surface area contributed by atoms with Gasteiger partial charge in [-0.3, -0.25) is 14.9 Å². The Morgan fingerprint density at radius 2 is 2.24 bits per heavy atom. The Morgan fingerprint density at radius 1 is 1.52 bits per heavy atom. The summed E-state index contributed by atoms with van der Waals surface area (Å²) in [5, 5.41) is 23.1. The molecular weight excluding hydrogens is 342 g/mol. The van der Waals surface area contributed by atoms with E-state index in [-0.39, 0.29) is 17.1 Å². The number of hydrogen-bond acceptors (Lipinski definition) is 4. The van der Waals surface area contributed by atoms with Gasteiger partial charge in [-0.15, -0.1) is 0 Å². The first-order valence-corrected chi connectivity index (χ1v) is 6.86. The average Bonchev–Trinajstić information content (AvgIpc) is 2.82. The van der Waals surface area contributed by atoms with Gasteiger partial charge in [-0.05, 0) is 35.0 Å². The van der Waals surface area contributed by atoms with Crippen molar-refractivity contribution < 1.29 is 14.8 Å². The maximum absolute atomic E-state index is 12.2. The van der Waals surface area contributed by atoms with Gasteiger partial charge in [0.25, 0.3) is 11.6 Å². The maximum atomic E-state index is 12.2. The van der Waals surface area contributed by atoms with E-state index in [1.165, 1.54) is 18.2 Å². The van der Waals surface area contributed by atoms with Crippen LogP contribution in [-0.2, 0) is 6.54 Å². The molecule has 8 heteroatoms. The quantitative estimate of drug-likeness (QED) is 0.501. The largest absolute Gasteiger partial charge is 0.505 e. The normalized spacial score (nSPS) is 10.4. The number of nitro benzene ring substituents is 1. The van der Waals surface area contributed by atoms with Crippen LogP contribution >= 0.6 is 15.9 Å². The number of anilines is 1. The lowest BCUT2D eigenvalue weighted by Gasteiger charge is -2.09. The Labute approximate surface area is 128 Å². The molecule has 0 saturated heterocycles. The predicted molar refractivity (Wildman–Crippen MR) is 80.5 cm³/mol. The molecule has 0 spiro atoms. The first-order chi connectivity index (χ1) is 9.93. The molecule has 2 aromatic rings. The fraction of sp³-hybridized carbons (Fsp3) is 0.154. The summed E-state index contributed by atoms with van der Waals surface area (Å²) in [6.07, 6.45) is 1.73. The lowest BCUT2D eigenvalue weighted by molar-refractivity contribution is -0.384. The van der Waals surface area contributed by atoms with Crippen LogP contribution < -0.4 is 5.32 Å². The van der Waals surface area contributed by atoms with Crippen LogP contribution in [0.3, 0.4) is 0 Å². The topological polar surface area (TPSA) is 97.4 Å². The zero-order valence-electron chi connectivity index (χ0n) is 11.0. The van der Waals surface area contributed by atoms with Crippen LogP contribution in [0.4, 0.5) is 11.4 Å². The standard InChI is InChI=1S/C13H12BrN3O4/c1-2-16-7-8(14)6-10(16)13(19)15-12-9(17(20)21)4-3-5-11(12)18/h3-7,18H,2H2,1H3,(H,15,19).